The summed E-state index contributed by atoms with van der Waals surface area (Å²) >= 11 is 1.57. The van der Waals surface area contributed by atoms with Crippen LogP contribution in [0.5, 0.6) is 5.75 Å². The van der Waals surface area contributed by atoms with E-state index in [4.69, 9.17) is 33.2 Å². The number of ketones is 1. The van der Waals surface area contributed by atoms with Gasteiger partial charge in [0.05, 0.1) is 79.5 Å². The first-order valence-electron chi connectivity index (χ1n) is 31.4. The summed E-state index contributed by atoms with van der Waals surface area (Å²) in [5, 5.41) is 17.3. The summed E-state index contributed by atoms with van der Waals surface area (Å²) in [5.41, 5.74) is 10.7. The molecule has 0 spiro atoms. The molecule has 0 radical (unpaired) electrons. The van der Waals surface area contributed by atoms with Crippen LogP contribution in [0.1, 0.15) is 130 Å². The van der Waals surface area contributed by atoms with Gasteiger partial charge in [0.2, 0.25) is 11.8 Å². The number of aryl methyl sites for hydroxylation is 1. The maximum atomic E-state index is 14.6. The standard InChI is InChI=1S/C71H92FN5O12S/c1-46(2)64-59(63(49-15-13-12-14-16-49)65(50-21-23-52(72)24-22-50)76(64)30-29-57-39-58(88-71(10,11)87-57)40-62(80)89-70(7,8)9)42-73-53-25-27-56(28-26-53)86-36-35-84-32-31-83-33-34-85-44-55(79)37-60(69(4,5)6)68(82)77-43-54(78)38-61(77)67(81)74-41-48-17-19-51(20-18-48)66-47(3)75-45-90-66/h12-28,45-46,54,57-58,60-61,73,78H,29-44H2,1-11H3,(H,74,81)/t54-,57-,58-,60-,61+/m1/s1. The van der Waals surface area contributed by atoms with E-state index in [2.05, 4.69) is 46.2 Å². The van der Waals surface area contributed by atoms with Crippen LogP contribution in [-0.2, 0) is 67.2 Å². The zero-order valence-electron chi connectivity index (χ0n) is 54.2. The third-order valence-corrected chi connectivity index (χ3v) is 16.9. The quantitative estimate of drug-likeness (QED) is 0.0284. The second-order valence-electron chi connectivity index (χ2n) is 26.2. The van der Waals surface area contributed by atoms with Crippen LogP contribution in [0.2, 0.25) is 0 Å². The van der Waals surface area contributed by atoms with Crippen LogP contribution in [0.4, 0.5) is 10.1 Å². The maximum Gasteiger partial charge on any atom is 0.308 e. The summed E-state index contributed by atoms with van der Waals surface area (Å²) in [6.07, 6.45) is -0.102. The normalized spacial score (nSPS) is 18.0. The van der Waals surface area contributed by atoms with Crippen molar-refractivity contribution in [3.05, 3.63) is 137 Å². The number of benzene rings is 4. The number of aliphatic hydroxyl groups is 1. The van der Waals surface area contributed by atoms with Crippen molar-refractivity contribution in [2.24, 2.45) is 11.3 Å². The fourth-order valence-electron chi connectivity index (χ4n) is 11.9. The molecule has 2 aliphatic rings. The van der Waals surface area contributed by atoms with Crippen molar-refractivity contribution >= 4 is 40.6 Å². The van der Waals surface area contributed by atoms with Crippen LogP contribution in [0.15, 0.2) is 109 Å². The van der Waals surface area contributed by atoms with Crippen molar-refractivity contribution in [1.82, 2.24) is 19.8 Å². The highest BCUT2D eigenvalue weighted by atomic mass is 32.1. The van der Waals surface area contributed by atoms with E-state index < -0.39 is 34.9 Å². The largest absolute Gasteiger partial charge is 0.491 e. The number of thiazole rings is 1. The van der Waals surface area contributed by atoms with Crippen LogP contribution in [0.25, 0.3) is 32.8 Å². The molecule has 0 unspecified atom stereocenters. The first-order valence-corrected chi connectivity index (χ1v) is 32.3. The molecule has 2 aliphatic heterocycles. The molecule has 17 nitrogen and oxygen atoms in total. The first kappa shape index (κ1) is 69.1. The van der Waals surface area contributed by atoms with Gasteiger partial charge in [-0.15, -0.1) is 11.3 Å². The van der Waals surface area contributed by atoms with Gasteiger partial charge in [0.15, 0.2) is 11.6 Å². The van der Waals surface area contributed by atoms with E-state index in [0.29, 0.717) is 58.1 Å². The van der Waals surface area contributed by atoms with Gasteiger partial charge in [-0.05, 0) is 130 Å². The third kappa shape index (κ3) is 19.6. The Bertz CT molecular complexity index is 3300. The average molecular weight is 1260 g/mol. The minimum absolute atomic E-state index is 0.0104. The number of rotatable bonds is 30. The number of β-amino-alcohol motifs (C(OH)–C–C–N with tert-alkyl or cyclic N) is 1. The predicted octanol–water partition coefficient (Wildman–Crippen LogP) is 12.5. The summed E-state index contributed by atoms with van der Waals surface area (Å²) < 4.78 is 58.5. The lowest BCUT2D eigenvalue weighted by atomic mass is 9.77. The molecule has 486 valence electrons. The molecule has 4 heterocycles. The monoisotopic (exact) mass is 1260 g/mol. The molecule has 4 aromatic carbocycles. The molecule has 6 aromatic rings. The SMILES string of the molecule is Cc1ncsc1-c1ccc(CNC(=O)[C@@H]2C[C@@H](O)CN2C(=O)[C@@H](CC(=O)COCCOCCOCCOc2ccc(NCc3c(-c4ccccc4)c(-c4ccc(F)cc4)n(CC[C@@H]4C[C@H](CC(=O)OC(C)(C)C)OC(C)(C)O4)c3C(C)C)cc2)C(C)(C)C)cc1. The molecule has 0 saturated carbocycles. The Kier molecular flexibility index (Phi) is 24.1. The lowest BCUT2D eigenvalue weighted by Gasteiger charge is -2.41. The minimum atomic E-state index is -0.906. The number of nitrogens with zero attached hydrogens (tertiary/aromatic N) is 3. The summed E-state index contributed by atoms with van der Waals surface area (Å²) in [4.78, 5) is 60.7. The van der Waals surface area contributed by atoms with Crippen LogP contribution in [-0.4, -0.2) is 132 Å². The third-order valence-electron chi connectivity index (χ3n) is 15.9. The van der Waals surface area contributed by atoms with Gasteiger partial charge in [-0.3, -0.25) is 19.2 Å². The summed E-state index contributed by atoms with van der Waals surface area (Å²) in [5.74, 6) is -2.41. The van der Waals surface area contributed by atoms with Crippen molar-refractivity contribution in [3.8, 4) is 38.6 Å². The molecule has 90 heavy (non-hydrogen) atoms. The van der Waals surface area contributed by atoms with Crippen molar-refractivity contribution in [2.75, 3.05) is 58.1 Å². The number of aliphatic hydroxyl groups excluding tert-OH is 1. The maximum absolute atomic E-state index is 14.6. The number of esters is 1. The van der Waals surface area contributed by atoms with E-state index >= 15 is 0 Å². The number of likely N-dealkylation sites (tertiary alicyclic amines) is 1. The van der Waals surface area contributed by atoms with E-state index in [1.165, 1.54) is 17.0 Å². The van der Waals surface area contributed by atoms with Crippen LogP contribution < -0.4 is 15.4 Å². The molecule has 0 aliphatic carbocycles. The van der Waals surface area contributed by atoms with Crippen molar-refractivity contribution in [2.45, 2.75) is 170 Å². The molecule has 2 amide bonds. The number of carbonyl (C=O) groups excluding carboxylic acids is 4. The molecule has 2 fully saturated rings. The second kappa shape index (κ2) is 31.5. The molecule has 3 N–H and O–H groups in total. The topological polar surface area (TPSA) is 198 Å². The Morgan fingerprint density at radius 1 is 0.789 bits per heavy atom. The summed E-state index contributed by atoms with van der Waals surface area (Å²) in [6, 6.07) is 31.9. The molecule has 5 atom stereocenters. The highest BCUT2D eigenvalue weighted by Crippen LogP contribution is 2.44. The summed E-state index contributed by atoms with van der Waals surface area (Å²) in [7, 11) is 0. The minimum Gasteiger partial charge on any atom is -0.491 e. The molecule has 2 saturated heterocycles. The van der Waals surface area contributed by atoms with E-state index in [9.17, 15) is 28.7 Å². The van der Waals surface area contributed by atoms with Crippen molar-refractivity contribution < 1.29 is 61.8 Å². The predicted molar refractivity (Wildman–Crippen MR) is 347 cm³/mol. The first-order chi connectivity index (χ1) is 42.8. The van der Waals surface area contributed by atoms with Gasteiger partial charge in [0, 0.05) is 73.9 Å². The van der Waals surface area contributed by atoms with Gasteiger partial charge >= 0.3 is 5.97 Å². The number of aromatic nitrogens is 2. The van der Waals surface area contributed by atoms with Crippen molar-refractivity contribution in [3.63, 3.8) is 0 Å². The van der Waals surface area contributed by atoms with Gasteiger partial charge in [0.1, 0.15) is 36.4 Å². The Morgan fingerprint density at radius 2 is 1.43 bits per heavy atom. The highest BCUT2D eigenvalue weighted by Gasteiger charge is 2.45. The fourth-order valence-corrected chi connectivity index (χ4v) is 12.7. The van der Waals surface area contributed by atoms with Gasteiger partial charge in [0.25, 0.3) is 0 Å². The number of Topliss-reactive ketones (excluding diaryl/α,β-unsaturated/α-hetero) is 1. The van der Waals surface area contributed by atoms with E-state index in [-0.39, 0.29) is 99.7 Å². The second-order valence-corrected chi connectivity index (χ2v) is 27.1. The number of halogens is 1. The van der Waals surface area contributed by atoms with Crippen LogP contribution in [0, 0.1) is 24.1 Å². The van der Waals surface area contributed by atoms with Gasteiger partial charge in [-0.25, -0.2) is 9.37 Å². The Balaban J connectivity index is 0.775. The Labute approximate surface area is 534 Å². The lowest BCUT2D eigenvalue weighted by Crippen LogP contribution is -2.50. The van der Waals surface area contributed by atoms with Gasteiger partial charge in [-0.2, -0.15) is 0 Å². The highest BCUT2D eigenvalue weighted by molar-refractivity contribution is 7.13. The molecule has 19 heteroatoms. The van der Waals surface area contributed by atoms with Crippen LogP contribution in [0.3, 0.4) is 0 Å². The molecule has 8 rings (SSSR count). The fraction of sp³-hybridized carbons (Fsp3) is 0.507. The number of amides is 2. The molecule has 0 bridgehead atoms. The summed E-state index contributed by atoms with van der Waals surface area (Å²) in [6.45, 7) is 24.3. The zero-order chi connectivity index (χ0) is 64.8. The average Bonchev–Trinajstić information content (AvgIpc) is 1.61. The Morgan fingerprint density at radius 3 is 2.07 bits per heavy atom. The smallest absolute Gasteiger partial charge is 0.308 e. The molecular weight excluding hydrogens is 1170 g/mol. The van der Waals surface area contributed by atoms with E-state index in [1.54, 1.807) is 11.3 Å². The molecule has 2 aromatic heterocycles. The lowest BCUT2D eigenvalue weighted by molar-refractivity contribution is -0.301. The zero-order valence-corrected chi connectivity index (χ0v) is 55.1. The van der Waals surface area contributed by atoms with Crippen molar-refractivity contribution in [1.29, 1.82) is 0 Å². The van der Waals surface area contributed by atoms with E-state index in [0.717, 1.165) is 61.0 Å². The number of carbonyl (C=O) groups is 4. The van der Waals surface area contributed by atoms with Gasteiger partial charge < -0.3 is 58.4 Å². The number of hydrogen-bond donors (Lipinski definition) is 3. The number of ether oxygens (including phenoxy) is 7. The van der Waals surface area contributed by atoms with Crippen LogP contribution >= 0.6 is 11.3 Å². The number of hydrogen-bond acceptors (Lipinski definition) is 15. The van der Waals surface area contributed by atoms with Gasteiger partial charge in [-0.1, -0.05) is 89.2 Å². The Hall–Kier alpha value is -6.84. The number of nitrogens with one attached hydrogen (secondary N) is 2. The van der Waals surface area contributed by atoms with E-state index in [1.807, 2.05) is 147 Å². The number of anilines is 1. The molecular formula is C71H92FN5O12S.